The van der Waals surface area contributed by atoms with E-state index in [2.05, 4.69) is 5.32 Å². The zero-order valence-corrected chi connectivity index (χ0v) is 10.7. The van der Waals surface area contributed by atoms with Crippen molar-refractivity contribution in [1.29, 1.82) is 5.26 Å². The highest BCUT2D eigenvalue weighted by atomic mass is 19.4. The first kappa shape index (κ1) is 14.9. The van der Waals surface area contributed by atoms with Crippen molar-refractivity contribution in [2.45, 2.75) is 12.7 Å². The summed E-state index contributed by atoms with van der Waals surface area (Å²) in [6, 6.07) is 10.3. The Balaban J connectivity index is 2.08. The zero-order chi connectivity index (χ0) is 15.5. The van der Waals surface area contributed by atoms with Crippen LogP contribution in [-0.4, -0.2) is 0 Å². The van der Waals surface area contributed by atoms with E-state index < -0.39 is 17.6 Å². The molecule has 1 N–H and O–H groups in total. The molecule has 0 atom stereocenters. The molecule has 0 fully saturated rings. The number of halogens is 4. The molecule has 0 saturated heterocycles. The van der Waals surface area contributed by atoms with Crippen LogP contribution in [0, 0.1) is 17.1 Å². The summed E-state index contributed by atoms with van der Waals surface area (Å²) >= 11 is 0. The second-order valence-corrected chi connectivity index (χ2v) is 4.35. The molecular weight excluding hydrogens is 284 g/mol. The van der Waals surface area contributed by atoms with E-state index in [1.54, 1.807) is 0 Å². The SMILES string of the molecule is N#Cc1ccc(F)c(CNc2ccc(C(F)(F)F)cc2)c1. The van der Waals surface area contributed by atoms with Crippen molar-refractivity contribution in [3.8, 4) is 6.07 Å². The van der Waals surface area contributed by atoms with Crippen LogP contribution in [0.4, 0.5) is 23.2 Å². The molecule has 0 spiro atoms. The molecule has 0 saturated carbocycles. The summed E-state index contributed by atoms with van der Waals surface area (Å²) in [6.45, 7) is 0.0761. The zero-order valence-electron chi connectivity index (χ0n) is 10.7. The monoisotopic (exact) mass is 294 g/mol. The van der Waals surface area contributed by atoms with E-state index in [-0.39, 0.29) is 12.1 Å². The molecule has 2 aromatic rings. The molecule has 0 aliphatic rings. The van der Waals surface area contributed by atoms with E-state index in [0.717, 1.165) is 12.1 Å². The summed E-state index contributed by atoms with van der Waals surface area (Å²) < 4.78 is 50.7. The first-order valence-electron chi connectivity index (χ1n) is 6.00. The van der Waals surface area contributed by atoms with E-state index in [9.17, 15) is 17.6 Å². The predicted molar refractivity (Wildman–Crippen MR) is 69.9 cm³/mol. The number of hydrogen-bond donors (Lipinski definition) is 1. The Morgan fingerprint density at radius 2 is 1.71 bits per heavy atom. The highest BCUT2D eigenvalue weighted by molar-refractivity contribution is 5.46. The first-order valence-corrected chi connectivity index (χ1v) is 6.00. The van der Waals surface area contributed by atoms with E-state index in [1.807, 2.05) is 6.07 Å². The van der Waals surface area contributed by atoms with Crippen molar-refractivity contribution in [3.63, 3.8) is 0 Å². The molecule has 21 heavy (non-hydrogen) atoms. The van der Waals surface area contributed by atoms with Crippen molar-refractivity contribution in [2.24, 2.45) is 0 Å². The normalized spacial score (nSPS) is 11.0. The van der Waals surface area contributed by atoms with Crippen LogP contribution in [0.25, 0.3) is 0 Å². The number of nitrogens with one attached hydrogen (secondary N) is 1. The Bertz CT molecular complexity index is 670. The lowest BCUT2D eigenvalue weighted by Gasteiger charge is -2.10. The van der Waals surface area contributed by atoms with Gasteiger partial charge in [-0.05, 0) is 42.5 Å². The molecule has 0 heterocycles. The number of alkyl halides is 3. The van der Waals surface area contributed by atoms with Crippen molar-refractivity contribution in [3.05, 3.63) is 65.0 Å². The van der Waals surface area contributed by atoms with Gasteiger partial charge in [0, 0.05) is 17.8 Å². The molecule has 2 nitrogen and oxygen atoms in total. The molecule has 2 aromatic carbocycles. The minimum atomic E-state index is -4.38. The Labute approximate surface area is 118 Å². The molecule has 2 rings (SSSR count). The van der Waals surface area contributed by atoms with Gasteiger partial charge >= 0.3 is 6.18 Å². The lowest BCUT2D eigenvalue weighted by Crippen LogP contribution is -2.06. The van der Waals surface area contributed by atoms with Crippen LogP contribution in [0.15, 0.2) is 42.5 Å². The summed E-state index contributed by atoms with van der Waals surface area (Å²) in [5, 5.41) is 11.6. The quantitative estimate of drug-likeness (QED) is 0.855. The number of nitrogens with zero attached hydrogens (tertiary/aromatic N) is 1. The third-order valence-electron chi connectivity index (χ3n) is 2.87. The van der Waals surface area contributed by atoms with Gasteiger partial charge in [-0.1, -0.05) is 0 Å². The Kier molecular flexibility index (Phi) is 4.13. The lowest BCUT2D eigenvalue weighted by atomic mass is 10.1. The van der Waals surface area contributed by atoms with Gasteiger partial charge in [0.05, 0.1) is 17.2 Å². The van der Waals surface area contributed by atoms with Gasteiger partial charge in [-0.15, -0.1) is 0 Å². The number of rotatable bonds is 3. The molecular formula is C15H10F4N2. The van der Waals surface area contributed by atoms with E-state index in [0.29, 0.717) is 11.3 Å². The van der Waals surface area contributed by atoms with Gasteiger partial charge < -0.3 is 5.32 Å². The highest BCUT2D eigenvalue weighted by Gasteiger charge is 2.29. The van der Waals surface area contributed by atoms with E-state index in [1.165, 1.54) is 30.3 Å². The summed E-state index contributed by atoms with van der Waals surface area (Å²) in [7, 11) is 0. The minimum absolute atomic E-state index is 0.0761. The van der Waals surface area contributed by atoms with Crippen molar-refractivity contribution < 1.29 is 17.6 Å². The molecule has 0 aliphatic heterocycles. The van der Waals surface area contributed by atoms with E-state index in [4.69, 9.17) is 5.26 Å². The van der Waals surface area contributed by atoms with Crippen LogP contribution in [-0.2, 0) is 12.7 Å². The van der Waals surface area contributed by atoms with Crippen molar-refractivity contribution >= 4 is 5.69 Å². The number of nitriles is 1. The second-order valence-electron chi connectivity index (χ2n) is 4.35. The lowest BCUT2D eigenvalue weighted by molar-refractivity contribution is -0.137. The number of benzene rings is 2. The average molecular weight is 294 g/mol. The predicted octanol–water partition coefficient (Wildman–Crippen LogP) is 4.33. The fourth-order valence-electron chi connectivity index (χ4n) is 1.75. The molecule has 0 aliphatic carbocycles. The largest absolute Gasteiger partial charge is 0.416 e. The van der Waals surface area contributed by atoms with Crippen LogP contribution in [0.3, 0.4) is 0 Å². The second kappa shape index (κ2) is 5.83. The van der Waals surface area contributed by atoms with Gasteiger partial charge in [-0.2, -0.15) is 18.4 Å². The molecule has 6 heteroatoms. The number of hydrogen-bond acceptors (Lipinski definition) is 2. The molecule has 0 radical (unpaired) electrons. The van der Waals surface area contributed by atoms with Gasteiger partial charge in [0.1, 0.15) is 5.82 Å². The smallest absolute Gasteiger partial charge is 0.381 e. The van der Waals surface area contributed by atoms with Gasteiger partial charge in [0.25, 0.3) is 0 Å². The van der Waals surface area contributed by atoms with E-state index >= 15 is 0 Å². The van der Waals surface area contributed by atoms with Gasteiger partial charge in [-0.25, -0.2) is 4.39 Å². The molecule has 0 aromatic heterocycles. The fourth-order valence-corrected chi connectivity index (χ4v) is 1.75. The third-order valence-corrected chi connectivity index (χ3v) is 2.87. The average Bonchev–Trinajstić information content (AvgIpc) is 2.46. The van der Waals surface area contributed by atoms with Crippen LogP contribution in [0.2, 0.25) is 0 Å². The summed E-state index contributed by atoms with van der Waals surface area (Å²) in [5.41, 5.74) is 0.282. The highest BCUT2D eigenvalue weighted by Crippen LogP contribution is 2.29. The number of anilines is 1. The maximum atomic E-state index is 13.5. The molecule has 0 unspecified atom stereocenters. The molecule has 0 bridgehead atoms. The van der Waals surface area contributed by atoms with Crippen molar-refractivity contribution in [1.82, 2.24) is 0 Å². The molecule has 0 amide bonds. The van der Waals surface area contributed by atoms with Crippen LogP contribution in [0.1, 0.15) is 16.7 Å². The summed E-state index contributed by atoms with van der Waals surface area (Å²) in [6.07, 6.45) is -4.38. The minimum Gasteiger partial charge on any atom is -0.381 e. The Morgan fingerprint density at radius 1 is 1.05 bits per heavy atom. The Hall–Kier alpha value is -2.55. The van der Waals surface area contributed by atoms with Gasteiger partial charge in [0.2, 0.25) is 0 Å². The van der Waals surface area contributed by atoms with Gasteiger partial charge in [-0.3, -0.25) is 0 Å². The summed E-state index contributed by atoms with van der Waals surface area (Å²) in [5.74, 6) is -0.478. The maximum Gasteiger partial charge on any atom is 0.416 e. The van der Waals surface area contributed by atoms with Crippen LogP contribution < -0.4 is 5.32 Å². The fraction of sp³-hybridized carbons (Fsp3) is 0.133. The Morgan fingerprint density at radius 3 is 2.29 bits per heavy atom. The van der Waals surface area contributed by atoms with Gasteiger partial charge in [0.15, 0.2) is 0 Å². The standard InChI is InChI=1S/C15H10F4N2/c16-14-6-1-10(8-20)7-11(14)9-21-13-4-2-12(3-5-13)15(17,18)19/h1-7,21H,9H2. The van der Waals surface area contributed by atoms with Crippen molar-refractivity contribution in [2.75, 3.05) is 5.32 Å². The van der Waals surface area contributed by atoms with Crippen LogP contribution in [0.5, 0.6) is 0 Å². The summed E-state index contributed by atoms with van der Waals surface area (Å²) in [4.78, 5) is 0. The maximum absolute atomic E-state index is 13.5. The third kappa shape index (κ3) is 3.72. The first-order chi connectivity index (χ1) is 9.90. The van der Waals surface area contributed by atoms with Crippen LogP contribution >= 0.6 is 0 Å². The topological polar surface area (TPSA) is 35.8 Å². The molecule has 108 valence electrons.